The highest BCUT2D eigenvalue weighted by Crippen LogP contribution is 2.52. The number of amides is 2. The molecule has 0 radical (unpaired) electrons. The van der Waals surface area contributed by atoms with Gasteiger partial charge in [0.2, 0.25) is 0 Å². The van der Waals surface area contributed by atoms with E-state index in [4.69, 9.17) is 0 Å². The molecule has 108 valence electrons. The van der Waals surface area contributed by atoms with Crippen LogP contribution in [0.2, 0.25) is 0 Å². The van der Waals surface area contributed by atoms with E-state index < -0.39 is 0 Å². The number of hydrogen-bond acceptors (Lipinski definition) is 4. The second kappa shape index (κ2) is 5.03. The fraction of sp³-hybridized carbons (Fsp3) is 0.0588. The number of fused-ring (bicyclic) bond motifs is 1. The van der Waals surface area contributed by atoms with Gasteiger partial charge in [-0.05, 0) is 17.7 Å². The minimum absolute atomic E-state index is 0.133. The lowest BCUT2D eigenvalue weighted by Crippen LogP contribution is -2.46. The van der Waals surface area contributed by atoms with Gasteiger partial charge >= 0.3 is 0 Å². The van der Waals surface area contributed by atoms with Gasteiger partial charge in [0, 0.05) is 17.0 Å². The fourth-order valence-electron chi connectivity index (χ4n) is 2.69. The number of hydrogen-bond donors (Lipinski definition) is 0. The monoisotopic (exact) mass is 308 g/mol. The van der Waals surface area contributed by atoms with E-state index in [0.29, 0.717) is 0 Å². The van der Waals surface area contributed by atoms with Gasteiger partial charge in [0.25, 0.3) is 11.8 Å². The largest absolute Gasteiger partial charge is 0.272 e. The Morgan fingerprint density at radius 2 is 1.45 bits per heavy atom. The first-order valence-electron chi connectivity index (χ1n) is 6.91. The van der Waals surface area contributed by atoms with Gasteiger partial charge in [0.05, 0.1) is 5.69 Å². The summed E-state index contributed by atoms with van der Waals surface area (Å²) in [7, 11) is 0. The van der Waals surface area contributed by atoms with Crippen LogP contribution in [0.3, 0.4) is 0 Å². The van der Waals surface area contributed by atoms with Gasteiger partial charge in [-0.2, -0.15) is 5.01 Å². The third kappa shape index (κ3) is 1.94. The molecule has 0 spiro atoms. The maximum atomic E-state index is 12.1. The van der Waals surface area contributed by atoms with Crippen LogP contribution in [-0.2, 0) is 9.59 Å². The summed E-state index contributed by atoms with van der Waals surface area (Å²) in [5, 5.41) is 2.88. The lowest BCUT2D eigenvalue weighted by atomic mass is 10.2. The molecule has 2 aliphatic heterocycles. The van der Waals surface area contributed by atoms with Crippen molar-refractivity contribution in [3.05, 3.63) is 72.3 Å². The van der Waals surface area contributed by atoms with Crippen molar-refractivity contribution >= 4 is 29.3 Å². The van der Waals surface area contributed by atoms with E-state index in [1.54, 1.807) is 16.8 Å². The Morgan fingerprint density at radius 1 is 0.818 bits per heavy atom. The first kappa shape index (κ1) is 13.2. The highest BCUT2D eigenvalue weighted by atomic mass is 32.2. The summed E-state index contributed by atoms with van der Waals surface area (Å²) >= 11 is 1.64. The van der Waals surface area contributed by atoms with Crippen LogP contribution in [0.5, 0.6) is 0 Å². The zero-order valence-electron chi connectivity index (χ0n) is 11.5. The summed E-state index contributed by atoms with van der Waals surface area (Å²) in [6.45, 7) is 0. The van der Waals surface area contributed by atoms with Crippen LogP contribution in [0.25, 0.3) is 0 Å². The van der Waals surface area contributed by atoms with Crippen molar-refractivity contribution in [3.63, 3.8) is 0 Å². The molecule has 0 N–H and O–H groups in total. The van der Waals surface area contributed by atoms with Crippen LogP contribution in [0, 0.1) is 0 Å². The van der Waals surface area contributed by atoms with Crippen LogP contribution in [-0.4, -0.2) is 16.8 Å². The van der Waals surface area contributed by atoms with E-state index in [2.05, 4.69) is 0 Å². The molecule has 4 nitrogen and oxygen atoms in total. The highest BCUT2D eigenvalue weighted by molar-refractivity contribution is 8.00. The molecule has 2 heterocycles. The number of anilines is 1. The Kier molecular flexibility index (Phi) is 3.01. The van der Waals surface area contributed by atoms with Gasteiger partial charge in [-0.1, -0.05) is 54.2 Å². The molecular weight excluding hydrogens is 296 g/mol. The van der Waals surface area contributed by atoms with Crippen LogP contribution in [0.1, 0.15) is 10.9 Å². The quantitative estimate of drug-likeness (QED) is 0.799. The topological polar surface area (TPSA) is 40.6 Å². The van der Waals surface area contributed by atoms with Gasteiger partial charge in [-0.15, -0.1) is 0 Å². The van der Waals surface area contributed by atoms with E-state index in [0.717, 1.165) is 16.1 Å². The van der Waals surface area contributed by atoms with Crippen molar-refractivity contribution in [2.75, 3.05) is 5.01 Å². The van der Waals surface area contributed by atoms with Crippen LogP contribution < -0.4 is 5.01 Å². The van der Waals surface area contributed by atoms with E-state index in [1.807, 2.05) is 54.6 Å². The lowest BCUT2D eigenvalue weighted by molar-refractivity contribution is -0.137. The zero-order valence-corrected chi connectivity index (χ0v) is 12.4. The zero-order chi connectivity index (χ0) is 15.1. The summed E-state index contributed by atoms with van der Waals surface area (Å²) in [6.07, 6.45) is 2.63. The number of carbonyl (C=O) groups excluding carboxylic acids is 2. The predicted molar refractivity (Wildman–Crippen MR) is 85.0 cm³/mol. The van der Waals surface area contributed by atoms with Crippen molar-refractivity contribution in [1.29, 1.82) is 0 Å². The van der Waals surface area contributed by atoms with Crippen LogP contribution >= 0.6 is 11.8 Å². The molecule has 4 rings (SSSR count). The van der Waals surface area contributed by atoms with Gasteiger partial charge in [0.1, 0.15) is 5.37 Å². The molecule has 2 amide bonds. The maximum Gasteiger partial charge on any atom is 0.272 e. The fourth-order valence-corrected chi connectivity index (χ4v) is 3.97. The predicted octanol–water partition coefficient (Wildman–Crippen LogP) is 3.14. The standard InChI is InChI=1S/C17H12N2O2S/c20-15-10-11-16(21)19(15)18-13-8-4-5-9-14(13)22-17(18)12-6-2-1-3-7-12/h1-11,17H. The summed E-state index contributed by atoms with van der Waals surface area (Å²) in [5.74, 6) is -0.605. The number of carbonyl (C=O) groups is 2. The molecule has 5 heteroatoms. The third-order valence-corrected chi connectivity index (χ3v) is 4.95. The smallest absolute Gasteiger partial charge is 0.267 e. The Hall–Kier alpha value is -2.53. The van der Waals surface area contributed by atoms with E-state index in [9.17, 15) is 9.59 Å². The minimum atomic E-state index is -0.303. The number of hydrazine groups is 1. The van der Waals surface area contributed by atoms with Crippen molar-refractivity contribution in [2.24, 2.45) is 0 Å². The minimum Gasteiger partial charge on any atom is -0.267 e. The first-order chi connectivity index (χ1) is 10.8. The normalized spacial score (nSPS) is 19.9. The van der Waals surface area contributed by atoms with E-state index in [-0.39, 0.29) is 17.2 Å². The van der Waals surface area contributed by atoms with Crippen molar-refractivity contribution in [2.45, 2.75) is 10.3 Å². The number of thioether (sulfide) groups is 1. The second-order valence-corrected chi connectivity index (χ2v) is 6.14. The number of nitrogens with zero attached hydrogens (tertiary/aromatic N) is 2. The molecule has 1 unspecified atom stereocenters. The molecule has 2 aromatic rings. The Morgan fingerprint density at radius 3 is 2.18 bits per heavy atom. The molecule has 0 bridgehead atoms. The SMILES string of the molecule is O=C1C=CC(=O)N1N1c2ccccc2SC1c1ccccc1. The average molecular weight is 308 g/mol. The molecule has 0 saturated heterocycles. The molecule has 0 saturated carbocycles. The Balaban J connectivity index is 1.83. The molecular formula is C17H12N2O2S. The third-order valence-electron chi connectivity index (χ3n) is 3.66. The highest BCUT2D eigenvalue weighted by Gasteiger charge is 2.40. The number of imide groups is 1. The van der Waals surface area contributed by atoms with E-state index >= 15 is 0 Å². The Bertz CT molecular complexity index is 770. The second-order valence-electron chi connectivity index (χ2n) is 5.01. The van der Waals surface area contributed by atoms with Crippen molar-refractivity contribution in [3.8, 4) is 0 Å². The summed E-state index contributed by atoms with van der Waals surface area (Å²) < 4.78 is 0. The molecule has 1 atom stereocenters. The Labute approximate surface area is 132 Å². The number of para-hydroxylation sites is 1. The van der Waals surface area contributed by atoms with Crippen LogP contribution in [0.4, 0.5) is 5.69 Å². The van der Waals surface area contributed by atoms with Crippen LogP contribution in [0.15, 0.2) is 71.6 Å². The van der Waals surface area contributed by atoms with Gasteiger partial charge in [0.15, 0.2) is 0 Å². The molecule has 2 aromatic carbocycles. The van der Waals surface area contributed by atoms with Crippen molar-refractivity contribution in [1.82, 2.24) is 5.01 Å². The maximum absolute atomic E-state index is 12.1. The summed E-state index contributed by atoms with van der Waals surface area (Å²) in [6, 6.07) is 17.7. The molecule has 22 heavy (non-hydrogen) atoms. The number of benzene rings is 2. The van der Waals surface area contributed by atoms with E-state index in [1.165, 1.54) is 17.2 Å². The lowest BCUT2D eigenvalue weighted by Gasteiger charge is -2.33. The first-order valence-corrected chi connectivity index (χ1v) is 7.79. The van der Waals surface area contributed by atoms with Gasteiger partial charge < -0.3 is 0 Å². The summed E-state index contributed by atoms with van der Waals surface area (Å²) in [5.41, 5.74) is 1.93. The molecule has 2 aliphatic rings. The molecule has 0 fully saturated rings. The molecule has 0 aliphatic carbocycles. The van der Waals surface area contributed by atoms with Crippen molar-refractivity contribution < 1.29 is 9.59 Å². The molecule has 0 aromatic heterocycles. The van der Waals surface area contributed by atoms with Gasteiger partial charge in [-0.25, -0.2) is 0 Å². The average Bonchev–Trinajstić information content (AvgIpc) is 3.08. The summed E-state index contributed by atoms with van der Waals surface area (Å²) in [4.78, 5) is 25.3. The van der Waals surface area contributed by atoms with Gasteiger partial charge in [-0.3, -0.25) is 14.6 Å². The number of rotatable bonds is 2.